The predicted octanol–water partition coefficient (Wildman–Crippen LogP) is 0.355. The van der Waals surface area contributed by atoms with Gasteiger partial charge in [0.1, 0.15) is 0 Å². The molecule has 0 aromatic carbocycles. The topological polar surface area (TPSA) is 26.0 Å². The van der Waals surface area contributed by atoms with E-state index in [1.165, 1.54) is 6.92 Å². The zero-order valence-electron chi connectivity index (χ0n) is 5.65. The second-order valence-corrected chi connectivity index (χ2v) is 0.455. The van der Waals surface area contributed by atoms with Crippen LogP contribution in [0.4, 0.5) is 0 Å². The Morgan fingerprint density at radius 2 is 2.50 bits per heavy atom. The fraction of sp³-hybridized carbons (Fsp3) is 1.00. The van der Waals surface area contributed by atoms with Gasteiger partial charge in [0.15, 0.2) is 0 Å². The molecule has 0 aliphatic rings. The van der Waals surface area contributed by atoms with Gasteiger partial charge in [-0.15, -0.1) is 0 Å². The number of hydrogen-bond donors (Lipinski definition) is 1. The maximum absolute atomic E-state index is 6.73. The van der Waals surface area contributed by atoms with Gasteiger partial charge in [0.25, 0.3) is 0 Å². The summed E-state index contributed by atoms with van der Waals surface area (Å²) < 4.78 is 20.0. The lowest BCUT2D eigenvalue weighted by atomic mass is 10.5. The molecule has 0 fully saturated rings. The van der Waals surface area contributed by atoms with Crippen LogP contribution in [0, 0.1) is 0 Å². The molecule has 1 nitrogen and oxygen atoms in total. The Morgan fingerprint density at radius 3 is 2.50 bits per heavy atom. The first-order chi connectivity index (χ1) is 2.94. The van der Waals surface area contributed by atoms with Crippen LogP contribution in [-0.2, 0) is 0 Å². The van der Waals surface area contributed by atoms with E-state index in [4.69, 9.17) is 9.85 Å². The lowest BCUT2D eigenvalue weighted by Gasteiger charge is -1.70. The molecule has 2 N–H and O–H groups in total. The van der Waals surface area contributed by atoms with Crippen LogP contribution in [-0.4, -0.2) is 6.50 Å². The summed E-state index contributed by atoms with van der Waals surface area (Å²) >= 11 is 0. The maximum Gasteiger partial charge on any atom is 0.0425 e. The quantitative estimate of drug-likeness (QED) is 0.466. The maximum atomic E-state index is 6.73. The van der Waals surface area contributed by atoms with E-state index in [0.29, 0.717) is 0 Å². The molecule has 0 aliphatic carbocycles. The lowest BCUT2D eigenvalue weighted by Crippen LogP contribution is -1.93. The van der Waals surface area contributed by atoms with Crippen molar-refractivity contribution < 1.29 is 4.11 Å². The fourth-order valence-electron chi connectivity index (χ4n) is 0. The predicted molar refractivity (Wildman–Crippen MR) is 19.3 cm³/mol. The first kappa shape index (κ1) is 0.977. The third kappa shape index (κ3) is 1.96. The van der Waals surface area contributed by atoms with E-state index in [1.807, 2.05) is 0 Å². The average Bonchev–Trinajstić information content (AvgIpc) is 1.31. The highest BCUT2D eigenvalue weighted by Gasteiger charge is 1.55. The minimum absolute atomic E-state index is 0.840. The van der Waals surface area contributed by atoms with Crippen molar-refractivity contribution in [2.75, 3.05) is 6.50 Å². The van der Waals surface area contributed by atoms with Crippen molar-refractivity contribution in [1.82, 2.24) is 0 Å². The molecule has 1 unspecified atom stereocenters. The summed E-state index contributed by atoms with van der Waals surface area (Å²) in [6.45, 7) is -0.417. The molecule has 0 amide bonds. The van der Waals surface area contributed by atoms with Crippen LogP contribution in [0.15, 0.2) is 0 Å². The van der Waals surface area contributed by atoms with Gasteiger partial charge < -0.3 is 5.73 Å². The molecule has 0 rings (SSSR count). The molecule has 26 valence electrons. The molecule has 1 atom stereocenters. The molecule has 1 heteroatoms. The zero-order valence-corrected chi connectivity index (χ0v) is 2.65. The van der Waals surface area contributed by atoms with Gasteiger partial charge in [0, 0.05) is 4.11 Å². The van der Waals surface area contributed by atoms with E-state index >= 15 is 0 Å². The summed E-state index contributed by atoms with van der Waals surface area (Å²) in [5, 5.41) is 0. The van der Waals surface area contributed by atoms with Crippen LogP contribution in [0.3, 0.4) is 0 Å². The summed E-state index contributed by atoms with van der Waals surface area (Å²) in [5.74, 6) is 0. The zero-order chi connectivity index (χ0) is 6.08. The molecular weight excluding hydrogens is 50.0 g/mol. The van der Waals surface area contributed by atoms with Crippen LogP contribution in [0.2, 0.25) is 0 Å². The van der Waals surface area contributed by atoms with E-state index in [2.05, 4.69) is 0 Å². The smallest absolute Gasteiger partial charge is 0.0425 e. The highest BCUT2D eigenvalue weighted by Crippen LogP contribution is 1.57. The van der Waals surface area contributed by atoms with Crippen molar-refractivity contribution in [3.63, 3.8) is 0 Å². The highest BCUT2D eigenvalue weighted by molar-refractivity contribution is 4.19. The second-order valence-electron chi connectivity index (χ2n) is 0.455. The molecule has 0 spiro atoms. The first-order valence-electron chi connectivity index (χ1n) is 2.73. The van der Waals surface area contributed by atoms with Crippen molar-refractivity contribution in [1.29, 1.82) is 0 Å². The van der Waals surface area contributed by atoms with Gasteiger partial charge in [-0.3, -0.25) is 0 Å². The van der Waals surface area contributed by atoms with E-state index in [9.17, 15) is 0 Å². The average molecular weight is 62.1 g/mol. The van der Waals surface area contributed by atoms with Crippen LogP contribution < -0.4 is 5.73 Å². The third-order valence-electron chi connectivity index (χ3n) is 0.167. The summed E-state index contributed by atoms with van der Waals surface area (Å²) in [7, 11) is 0. The lowest BCUT2D eigenvalue weighted by molar-refractivity contribution is 0.932. The standard InChI is InChI=1S/C3H9N/c1-2-3-4/h2-4H2,1H3/i2D,3D2. The fourth-order valence-corrected chi connectivity index (χ4v) is 0. The van der Waals surface area contributed by atoms with E-state index < -0.39 is 12.9 Å². The van der Waals surface area contributed by atoms with Crippen LogP contribution in [0.25, 0.3) is 0 Å². The van der Waals surface area contributed by atoms with Crippen molar-refractivity contribution in [3.05, 3.63) is 0 Å². The molecule has 0 saturated carbocycles. The summed E-state index contributed by atoms with van der Waals surface area (Å²) in [5.41, 5.74) is 4.82. The van der Waals surface area contributed by atoms with Crippen LogP contribution in [0.1, 0.15) is 17.4 Å². The number of nitrogens with two attached hydrogens (primary N) is 1. The minimum atomic E-state index is -1.83. The summed E-state index contributed by atoms with van der Waals surface area (Å²) in [4.78, 5) is 0. The Morgan fingerprint density at radius 1 is 2.25 bits per heavy atom. The molecule has 0 aliphatic heterocycles. The second kappa shape index (κ2) is 2.96. The van der Waals surface area contributed by atoms with E-state index in [1.54, 1.807) is 0 Å². The molecule has 0 saturated heterocycles. The minimum Gasteiger partial charge on any atom is -0.330 e. The number of rotatable bonds is 1. The molecule has 0 radical (unpaired) electrons. The molecule has 4 heavy (non-hydrogen) atoms. The Hall–Kier alpha value is -0.0400. The van der Waals surface area contributed by atoms with Crippen molar-refractivity contribution in [2.24, 2.45) is 5.73 Å². The molecular formula is C3H9N. The molecule has 0 heterocycles. The van der Waals surface area contributed by atoms with Gasteiger partial charge in [0.05, 0.1) is 0 Å². The first-order valence-corrected chi connectivity index (χ1v) is 1.15. The van der Waals surface area contributed by atoms with Crippen molar-refractivity contribution >= 4 is 0 Å². The van der Waals surface area contributed by atoms with Gasteiger partial charge in [-0.2, -0.15) is 0 Å². The Kier molecular flexibility index (Phi) is 0.723. The highest BCUT2D eigenvalue weighted by atomic mass is 14.5. The Balaban J connectivity index is 3.54. The van der Waals surface area contributed by atoms with Crippen molar-refractivity contribution in [2.45, 2.75) is 13.3 Å². The largest absolute Gasteiger partial charge is 0.330 e. The Bertz CT molecular complexity index is 55.7. The normalized spacial score (nSPS) is 30.0. The Labute approximate surface area is 31.0 Å². The monoisotopic (exact) mass is 62.1 g/mol. The van der Waals surface area contributed by atoms with Gasteiger partial charge in [-0.1, -0.05) is 6.92 Å². The van der Waals surface area contributed by atoms with Crippen molar-refractivity contribution in [3.8, 4) is 0 Å². The van der Waals surface area contributed by atoms with Crippen LogP contribution >= 0.6 is 0 Å². The molecule has 0 aromatic heterocycles. The van der Waals surface area contributed by atoms with Crippen LogP contribution in [0.5, 0.6) is 0 Å². The SMILES string of the molecule is [2H]C(C)C([2H])([2H])N. The van der Waals surface area contributed by atoms with Gasteiger partial charge in [-0.05, 0) is 12.9 Å². The van der Waals surface area contributed by atoms with E-state index in [0.717, 1.165) is 0 Å². The number of hydrogen-bond acceptors (Lipinski definition) is 1. The third-order valence-corrected chi connectivity index (χ3v) is 0.167. The van der Waals surface area contributed by atoms with Gasteiger partial charge in [0.2, 0.25) is 0 Å². The summed E-state index contributed by atoms with van der Waals surface area (Å²) in [6.07, 6.45) is -0.840. The van der Waals surface area contributed by atoms with Gasteiger partial charge in [-0.25, -0.2) is 0 Å². The molecule has 0 bridgehead atoms. The van der Waals surface area contributed by atoms with Gasteiger partial charge >= 0.3 is 0 Å². The van der Waals surface area contributed by atoms with E-state index in [-0.39, 0.29) is 0 Å². The molecule has 0 aromatic rings. The summed E-state index contributed by atoms with van der Waals surface area (Å²) in [6, 6.07) is 0.